The summed E-state index contributed by atoms with van der Waals surface area (Å²) in [5, 5.41) is 2.97. The van der Waals surface area contributed by atoms with Crippen molar-refractivity contribution in [1.82, 2.24) is 0 Å². The predicted octanol–water partition coefficient (Wildman–Crippen LogP) is 3.12. The van der Waals surface area contributed by atoms with Crippen LogP contribution in [-0.4, -0.2) is 17.5 Å². The molecule has 1 fully saturated rings. The molecule has 0 radical (unpaired) electrons. The van der Waals surface area contributed by atoms with Crippen molar-refractivity contribution in [2.24, 2.45) is 17.6 Å². The maximum atomic E-state index is 12.3. The zero-order valence-electron chi connectivity index (χ0n) is 12.3. The molecular weight excluding hydrogens is 284 g/mol. The molecule has 0 bridgehead atoms. The van der Waals surface area contributed by atoms with Crippen LogP contribution in [0.15, 0.2) is 24.3 Å². The fourth-order valence-electron chi connectivity index (χ4n) is 2.58. The number of thiocarbonyl (C=S) groups is 1. The van der Waals surface area contributed by atoms with E-state index in [0.717, 1.165) is 37.3 Å². The zero-order valence-corrected chi connectivity index (χ0v) is 13.1. The summed E-state index contributed by atoms with van der Waals surface area (Å²) in [5.74, 6) is 1.62. The van der Waals surface area contributed by atoms with Crippen LogP contribution in [0.5, 0.6) is 5.75 Å². The number of carbonyl (C=O) groups excluding carboxylic acids is 1. The quantitative estimate of drug-likeness (QED) is 0.820. The van der Waals surface area contributed by atoms with Crippen molar-refractivity contribution in [3.63, 3.8) is 0 Å². The first-order valence-corrected chi connectivity index (χ1v) is 7.77. The van der Waals surface area contributed by atoms with Crippen molar-refractivity contribution >= 4 is 28.8 Å². The maximum Gasteiger partial charge on any atom is 0.227 e. The topological polar surface area (TPSA) is 64.3 Å². The molecule has 5 heteroatoms. The van der Waals surface area contributed by atoms with Crippen molar-refractivity contribution in [2.45, 2.75) is 32.6 Å². The van der Waals surface area contributed by atoms with Gasteiger partial charge in [-0.05, 0) is 43.7 Å². The lowest BCUT2D eigenvalue weighted by molar-refractivity contribution is -0.121. The predicted molar refractivity (Wildman–Crippen MR) is 88.5 cm³/mol. The lowest BCUT2D eigenvalue weighted by Crippen LogP contribution is -2.26. The highest BCUT2D eigenvalue weighted by Gasteiger charge is 2.24. The maximum absolute atomic E-state index is 12.3. The summed E-state index contributed by atoms with van der Waals surface area (Å²) in [4.78, 5) is 12.6. The fourth-order valence-corrected chi connectivity index (χ4v) is 2.64. The minimum atomic E-state index is 0.105. The SMILES string of the molecule is CC1CCC(C(=O)Nc2cccc(OCC(N)=S)c2)CC1. The molecule has 3 N–H and O–H groups in total. The lowest BCUT2D eigenvalue weighted by Gasteiger charge is -2.25. The van der Waals surface area contributed by atoms with Gasteiger partial charge in [-0.25, -0.2) is 0 Å². The van der Waals surface area contributed by atoms with Crippen molar-refractivity contribution in [1.29, 1.82) is 0 Å². The van der Waals surface area contributed by atoms with Crippen molar-refractivity contribution < 1.29 is 9.53 Å². The monoisotopic (exact) mass is 306 g/mol. The Morgan fingerprint density at radius 1 is 1.38 bits per heavy atom. The summed E-state index contributed by atoms with van der Waals surface area (Å²) in [5.41, 5.74) is 6.15. The average Bonchev–Trinajstić information content (AvgIpc) is 2.46. The number of ether oxygens (including phenoxy) is 1. The second-order valence-electron chi connectivity index (χ2n) is 5.73. The van der Waals surface area contributed by atoms with Crippen LogP contribution in [-0.2, 0) is 4.79 Å². The van der Waals surface area contributed by atoms with Crippen LogP contribution in [0, 0.1) is 11.8 Å². The molecule has 1 amide bonds. The Kier molecular flexibility index (Phi) is 5.56. The van der Waals surface area contributed by atoms with Gasteiger partial charge in [0.05, 0.1) is 0 Å². The molecule has 114 valence electrons. The summed E-state index contributed by atoms with van der Waals surface area (Å²) >= 11 is 4.78. The van der Waals surface area contributed by atoms with Crippen molar-refractivity contribution in [3.05, 3.63) is 24.3 Å². The molecule has 0 saturated heterocycles. The van der Waals surface area contributed by atoms with Gasteiger partial charge in [0.1, 0.15) is 17.3 Å². The van der Waals surface area contributed by atoms with E-state index >= 15 is 0 Å². The van der Waals surface area contributed by atoms with E-state index in [9.17, 15) is 4.79 Å². The number of rotatable bonds is 5. The summed E-state index contributed by atoms with van der Waals surface area (Å²) < 4.78 is 5.43. The molecule has 1 aromatic rings. The minimum absolute atomic E-state index is 0.105. The van der Waals surface area contributed by atoms with E-state index < -0.39 is 0 Å². The highest BCUT2D eigenvalue weighted by molar-refractivity contribution is 7.80. The van der Waals surface area contributed by atoms with Gasteiger partial charge in [0.15, 0.2) is 0 Å². The van der Waals surface area contributed by atoms with Crippen LogP contribution < -0.4 is 15.8 Å². The molecule has 0 heterocycles. The molecule has 0 aliphatic heterocycles. The zero-order chi connectivity index (χ0) is 15.2. The normalized spacial score (nSPS) is 21.6. The summed E-state index contributed by atoms with van der Waals surface area (Å²) in [7, 11) is 0. The molecule has 1 saturated carbocycles. The van der Waals surface area contributed by atoms with Crippen LogP contribution in [0.2, 0.25) is 0 Å². The third-order valence-corrected chi connectivity index (χ3v) is 3.99. The molecule has 0 atom stereocenters. The molecule has 4 nitrogen and oxygen atoms in total. The first-order chi connectivity index (χ1) is 10.0. The van der Waals surface area contributed by atoms with Gasteiger partial charge < -0.3 is 15.8 Å². The smallest absolute Gasteiger partial charge is 0.227 e. The van der Waals surface area contributed by atoms with Gasteiger partial charge in [-0.15, -0.1) is 0 Å². The van der Waals surface area contributed by atoms with Crippen LogP contribution in [0.3, 0.4) is 0 Å². The molecule has 0 aromatic heterocycles. The Balaban J connectivity index is 1.91. The number of carbonyl (C=O) groups is 1. The van der Waals surface area contributed by atoms with Crippen molar-refractivity contribution in [3.8, 4) is 5.75 Å². The second-order valence-corrected chi connectivity index (χ2v) is 6.25. The van der Waals surface area contributed by atoms with Gasteiger partial charge >= 0.3 is 0 Å². The summed E-state index contributed by atoms with van der Waals surface area (Å²) in [6, 6.07) is 7.31. The molecule has 1 aliphatic rings. The third kappa shape index (κ3) is 5.01. The van der Waals surface area contributed by atoms with E-state index in [4.69, 9.17) is 22.7 Å². The molecule has 1 aliphatic carbocycles. The first-order valence-electron chi connectivity index (χ1n) is 7.36. The number of nitrogens with one attached hydrogen (secondary N) is 1. The fraction of sp³-hybridized carbons (Fsp3) is 0.500. The Labute approximate surface area is 131 Å². The molecule has 0 spiro atoms. The largest absolute Gasteiger partial charge is 0.486 e. The van der Waals surface area contributed by atoms with E-state index in [2.05, 4.69) is 12.2 Å². The second kappa shape index (κ2) is 7.41. The van der Waals surface area contributed by atoms with Crippen LogP contribution in [0.25, 0.3) is 0 Å². The molecular formula is C16H22N2O2S. The summed E-state index contributed by atoms with van der Waals surface area (Å²) in [6.07, 6.45) is 4.22. The van der Waals surface area contributed by atoms with E-state index in [0.29, 0.717) is 10.7 Å². The van der Waals surface area contributed by atoms with E-state index in [1.807, 2.05) is 18.2 Å². The van der Waals surface area contributed by atoms with Gasteiger partial charge in [-0.2, -0.15) is 0 Å². The molecule has 21 heavy (non-hydrogen) atoms. The van der Waals surface area contributed by atoms with Gasteiger partial charge in [0.25, 0.3) is 0 Å². The van der Waals surface area contributed by atoms with Crippen LogP contribution >= 0.6 is 12.2 Å². The van der Waals surface area contributed by atoms with Crippen LogP contribution in [0.1, 0.15) is 32.6 Å². The Morgan fingerprint density at radius 3 is 2.76 bits per heavy atom. The Morgan fingerprint density at radius 2 is 2.10 bits per heavy atom. The van der Waals surface area contributed by atoms with E-state index in [1.54, 1.807) is 6.07 Å². The number of amides is 1. The molecule has 0 unspecified atom stereocenters. The van der Waals surface area contributed by atoms with Gasteiger partial charge in [0, 0.05) is 17.7 Å². The van der Waals surface area contributed by atoms with Gasteiger partial charge in [0.2, 0.25) is 5.91 Å². The third-order valence-electron chi connectivity index (χ3n) is 3.87. The average molecular weight is 306 g/mol. The number of hydrogen-bond acceptors (Lipinski definition) is 3. The summed E-state index contributed by atoms with van der Waals surface area (Å²) in [6.45, 7) is 2.45. The first kappa shape index (κ1) is 15.8. The standard InChI is InChI=1S/C16H22N2O2S/c1-11-5-7-12(8-6-11)16(19)18-13-3-2-4-14(9-13)20-10-15(17)21/h2-4,9,11-12H,5-8,10H2,1H3,(H2,17,21)(H,18,19). The van der Waals surface area contributed by atoms with E-state index in [1.165, 1.54) is 0 Å². The number of nitrogens with two attached hydrogens (primary N) is 1. The van der Waals surface area contributed by atoms with Crippen molar-refractivity contribution in [2.75, 3.05) is 11.9 Å². The highest BCUT2D eigenvalue weighted by Crippen LogP contribution is 2.29. The Hall–Kier alpha value is -1.62. The number of benzene rings is 1. The molecule has 1 aromatic carbocycles. The Bertz CT molecular complexity index is 511. The minimum Gasteiger partial charge on any atom is -0.486 e. The van der Waals surface area contributed by atoms with Crippen LogP contribution in [0.4, 0.5) is 5.69 Å². The van der Waals surface area contributed by atoms with Gasteiger partial charge in [-0.3, -0.25) is 4.79 Å². The van der Waals surface area contributed by atoms with E-state index in [-0.39, 0.29) is 18.4 Å². The molecule has 2 rings (SSSR count). The highest BCUT2D eigenvalue weighted by atomic mass is 32.1. The number of anilines is 1. The van der Waals surface area contributed by atoms with Gasteiger partial charge in [-0.1, -0.05) is 25.2 Å². The number of hydrogen-bond donors (Lipinski definition) is 2. The lowest BCUT2D eigenvalue weighted by atomic mass is 9.82.